The van der Waals surface area contributed by atoms with E-state index in [0.717, 1.165) is 12.8 Å². The fraction of sp³-hybridized carbons (Fsp3) is 0.750. The van der Waals surface area contributed by atoms with E-state index in [1.165, 1.54) is 10.6 Å². The van der Waals surface area contributed by atoms with Gasteiger partial charge in [0.2, 0.25) is 15.9 Å². The third kappa shape index (κ3) is 5.64. The van der Waals surface area contributed by atoms with Crippen LogP contribution in [0.25, 0.3) is 0 Å². The summed E-state index contributed by atoms with van der Waals surface area (Å²) in [5, 5.41) is 2.82. The summed E-state index contributed by atoms with van der Waals surface area (Å²) in [6.45, 7) is 0.956. The molecule has 1 aliphatic carbocycles. The van der Waals surface area contributed by atoms with Crippen LogP contribution >= 0.6 is 0 Å². The predicted octanol–water partition coefficient (Wildman–Crippen LogP) is 0.740. The second kappa shape index (κ2) is 6.89. The maximum atomic E-state index is 11.6. The van der Waals surface area contributed by atoms with E-state index < -0.39 is 10.0 Å². The molecule has 1 rings (SSSR count). The molecule has 0 aromatic carbocycles. The number of hydrogen-bond donors (Lipinski definition) is 1. The Labute approximate surface area is 109 Å². The van der Waals surface area contributed by atoms with E-state index in [1.54, 1.807) is 7.05 Å². The first-order valence-corrected chi connectivity index (χ1v) is 8.09. The zero-order valence-corrected chi connectivity index (χ0v) is 11.9. The lowest BCUT2D eigenvalue weighted by atomic mass is 10.1. The normalized spacial score (nSPS) is 19.4. The maximum Gasteiger partial charge on any atom is 0.220 e. The first-order chi connectivity index (χ1) is 8.39. The highest BCUT2D eigenvalue weighted by Crippen LogP contribution is 2.19. The average molecular weight is 274 g/mol. The average Bonchev–Trinajstić information content (AvgIpc) is 2.75. The summed E-state index contributed by atoms with van der Waals surface area (Å²) in [7, 11) is -1.57. The lowest BCUT2D eigenvalue weighted by Crippen LogP contribution is -2.31. The summed E-state index contributed by atoms with van der Waals surface area (Å²) < 4.78 is 23.5. The van der Waals surface area contributed by atoms with Crippen molar-refractivity contribution in [3.8, 4) is 0 Å². The molecule has 0 aromatic heterocycles. The third-order valence-corrected chi connectivity index (χ3v) is 4.41. The van der Waals surface area contributed by atoms with Crippen molar-refractivity contribution in [3.63, 3.8) is 0 Å². The van der Waals surface area contributed by atoms with Crippen LogP contribution in [0.4, 0.5) is 0 Å². The van der Waals surface area contributed by atoms with Crippen molar-refractivity contribution in [1.82, 2.24) is 9.62 Å². The number of amides is 1. The molecular formula is C12H22N2O3S. The standard InChI is InChI=1S/C12H22N2O3S/c1-14(18(2,16)17)9-5-8-13-12(15)10-11-6-3-4-7-11/h3,6,11H,4-5,7-10H2,1-2H3,(H,13,15)/t11-/m0/s1. The van der Waals surface area contributed by atoms with E-state index in [4.69, 9.17) is 0 Å². The Balaban J connectivity index is 2.10. The molecule has 0 spiro atoms. The van der Waals surface area contributed by atoms with E-state index in [0.29, 0.717) is 31.8 Å². The van der Waals surface area contributed by atoms with Crippen LogP contribution in [-0.4, -0.2) is 45.0 Å². The van der Waals surface area contributed by atoms with Gasteiger partial charge in [-0.1, -0.05) is 12.2 Å². The highest BCUT2D eigenvalue weighted by atomic mass is 32.2. The van der Waals surface area contributed by atoms with Crippen molar-refractivity contribution in [2.45, 2.75) is 25.7 Å². The van der Waals surface area contributed by atoms with Crippen LogP contribution < -0.4 is 5.32 Å². The summed E-state index contributed by atoms with van der Waals surface area (Å²) in [4.78, 5) is 11.6. The quantitative estimate of drug-likeness (QED) is 0.550. The Kier molecular flexibility index (Phi) is 5.81. The fourth-order valence-corrected chi connectivity index (χ4v) is 2.33. The molecule has 5 nitrogen and oxygen atoms in total. The minimum atomic E-state index is -3.11. The van der Waals surface area contributed by atoms with Gasteiger partial charge in [-0.25, -0.2) is 12.7 Å². The van der Waals surface area contributed by atoms with Crippen molar-refractivity contribution in [1.29, 1.82) is 0 Å². The van der Waals surface area contributed by atoms with Crippen LogP contribution in [0.5, 0.6) is 0 Å². The molecule has 0 saturated heterocycles. The van der Waals surface area contributed by atoms with Crippen molar-refractivity contribution in [2.75, 3.05) is 26.4 Å². The summed E-state index contributed by atoms with van der Waals surface area (Å²) in [6.07, 6.45) is 8.68. The number of rotatable bonds is 7. The molecule has 1 atom stereocenters. The van der Waals surface area contributed by atoms with E-state index in [1.807, 2.05) is 0 Å². The van der Waals surface area contributed by atoms with Crippen LogP contribution in [0.3, 0.4) is 0 Å². The minimum Gasteiger partial charge on any atom is -0.356 e. The topological polar surface area (TPSA) is 66.5 Å². The van der Waals surface area contributed by atoms with Gasteiger partial charge in [0.25, 0.3) is 0 Å². The van der Waals surface area contributed by atoms with Gasteiger partial charge in [-0.05, 0) is 25.2 Å². The largest absolute Gasteiger partial charge is 0.356 e. The highest BCUT2D eigenvalue weighted by Gasteiger charge is 2.14. The van der Waals surface area contributed by atoms with Gasteiger partial charge in [-0.15, -0.1) is 0 Å². The van der Waals surface area contributed by atoms with Crippen LogP contribution in [0, 0.1) is 5.92 Å². The molecule has 0 radical (unpaired) electrons. The first kappa shape index (κ1) is 15.2. The Hall–Kier alpha value is -0.880. The van der Waals surface area contributed by atoms with Gasteiger partial charge in [0.1, 0.15) is 0 Å². The van der Waals surface area contributed by atoms with E-state index in [-0.39, 0.29) is 5.91 Å². The van der Waals surface area contributed by atoms with Gasteiger partial charge < -0.3 is 5.32 Å². The molecule has 0 unspecified atom stereocenters. The van der Waals surface area contributed by atoms with Crippen molar-refractivity contribution in [3.05, 3.63) is 12.2 Å². The molecule has 0 bridgehead atoms. The van der Waals surface area contributed by atoms with E-state index >= 15 is 0 Å². The molecule has 0 saturated carbocycles. The second-order valence-electron chi connectivity index (χ2n) is 4.76. The van der Waals surface area contributed by atoms with Crippen molar-refractivity contribution in [2.24, 2.45) is 5.92 Å². The smallest absolute Gasteiger partial charge is 0.220 e. The molecule has 104 valence electrons. The van der Waals surface area contributed by atoms with Crippen molar-refractivity contribution < 1.29 is 13.2 Å². The first-order valence-electron chi connectivity index (χ1n) is 6.24. The monoisotopic (exact) mass is 274 g/mol. The third-order valence-electron chi connectivity index (χ3n) is 3.10. The van der Waals surface area contributed by atoms with Crippen LogP contribution in [0.15, 0.2) is 12.2 Å². The second-order valence-corrected chi connectivity index (χ2v) is 6.85. The number of carbonyl (C=O) groups excluding carboxylic acids is 1. The Morgan fingerprint density at radius 2 is 2.22 bits per heavy atom. The van der Waals surface area contributed by atoms with Gasteiger partial charge in [-0.2, -0.15) is 0 Å². The minimum absolute atomic E-state index is 0.0496. The Morgan fingerprint density at radius 3 is 2.78 bits per heavy atom. The molecule has 1 amide bonds. The zero-order valence-electron chi connectivity index (χ0n) is 11.1. The van der Waals surface area contributed by atoms with Gasteiger partial charge >= 0.3 is 0 Å². The number of allylic oxidation sites excluding steroid dienone is 2. The molecule has 1 aliphatic rings. The predicted molar refractivity (Wildman–Crippen MR) is 71.6 cm³/mol. The fourth-order valence-electron chi connectivity index (χ4n) is 1.87. The lowest BCUT2D eigenvalue weighted by Gasteiger charge is -2.14. The maximum absolute atomic E-state index is 11.6. The Morgan fingerprint density at radius 1 is 1.50 bits per heavy atom. The van der Waals surface area contributed by atoms with E-state index in [9.17, 15) is 13.2 Å². The van der Waals surface area contributed by atoms with Crippen LogP contribution in [0.1, 0.15) is 25.7 Å². The molecule has 6 heteroatoms. The SMILES string of the molecule is CN(CCCNC(=O)C[C@H]1C=CCC1)S(C)(=O)=O. The highest BCUT2D eigenvalue weighted by molar-refractivity contribution is 7.88. The van der Waals surface area contributed by atoms with Gasteiger partial charge in [0.05, 0.1) is 6.26 Å². The van der Waals surface area contributed by atoms with Crippen LogP contribution in [-0.2, 0) is 14.8 Å². The summed E-state index contributed by atoms with van der Waals surface area (Å²) in [5.74, 6) is 0.428. The lowest BCUT2D eigenvalue weighted by molar-refractivity contribution is -0.121. The zero-order chi connectivity index (χ0) is 13.6. The number of nitrogens with zero attached hydrogens (tertiary/aromatic N) is 1. The molecule has 0 aliphatic heterocycles. The number of carbonyl (C=O) groups is 1. The number of sulfonamides is 1. The van der Waals surface area contributed by atoms with E-state index in [2.05, 4.69) is 17.5 Å². The summed E-state index contributed by atoms with van der Waals surface area (Å²) >= 11 is 0. The molecular weight excluding hydrogens is 252 g/mol. The number of nitrogens with one attached hydrogen (secondary N) is 1. The van der Waals surface area contributed by atoms with Gasteiger partial charge in [-0.3, -0.25) is 4.79 Å². The summed E-state index contributed by atoms with van der Waals surface area (Å²) in [6, 6.07) is 0. The molecule has 0 heterocycles. The molecule has 1 N–H and O–H groups in total. The molecule has 0 fully saturated rings. The summed E-state index contributed by atoms with van der Waals surface area (Å²) in [5.41, 5.74) is 0. The Bertz CT molecular complexity index is 404. The molecule has 18 heavy (non-hydrogen) atoms. The van der Waals surface area contributed by atoms with Crippen molar-refractivity contribution >= 4 is 15.9 Å². The van der Waals surface area contributed by atoms with Gasteiger partial charge in [0, 0.05) is 26.6 Å². The molecule has 0 aromatic rings. The van der Waals surface area contributed by atoms with Gasteiger partial charge in [0.15, 0.2) is 0 Å². The van der Waals surface area contributed by atoms with Crippen LogP contribution in [0.2, 0.25) is 0 Å². The number of hydrogen-bond acceptors (Lipinski definition) is 3.